The van der Waals surface area contributed by atoms with E-state index in [0.717, 1.165) is 16.7 Å². The first-order chi connectivity index (χ1) is 17.9. The number of nitrogens with zero attached hydrogens (tertiary/aromatic N) is 1. The lowest BCUT2D eigenvalue weighted by molar-refractivity contribution is -0.120. The highest BCUT2D eigenvalue weighted by molar-refractivity contribution is 7.88. The van der Waals surface area contributed by atoms with Crippen molar-refractivity contribution in [2.24, 2.45) is 5.92 Å². The molecule has 0 aliphatic carbocycles. The lowest BCUT2D eigenvalue weighted by Gasteiger charge is -2.30. The summed E-state index contributed by atoms with van der Waals surface area (Å²) in [7, 11) is -3.46. The zero-order valence-electron chi connectivity index (χ0n) is 22.5. The summed E-state index contributed by atoms with van der Waals surface area (Å²) >= 11 is 0. The Labute approximate surface area is 226 Å². The highest BCUT2D eigenvalue weighted by atomic mass is 32.2. The van der Waals surface area contributed by atoms with Crippen LogP contribution in [0.3, 0.4) is 0 Å². The van der Waals surface area contributed by atoms with E-state index in [9.17, 15) is 18.0 Å². The summed E-state index contributed by atoms with van der Waals surface area (Å²) in [6, 6.07) is 22.1. The van der Waals surface area contributed by atoms with Gasteiger partial charge in [0, 0.05) is 35.8 Å². The Morgan fingerprint density at radius 3 is 2.18 bits per heavy atom. The molecule has 1 N–H and O–H groups in total. The molecule has 1 heterocycles. The van der Waals surface area contributed by atoms with Gasteiger partial charge in [0.25, 0.3) is 0 Å². The minimum absolute atomic E-state index is 0.00699. The van der Waals surface area contributed by atoms with Crippen molar-refractivity contribution in [3.8, 4) is 0 Å². The number of aryl methyl sites for hydroxylation is 1. The number of carbonyl (C=O) groups excluding carboxylic acids is 2. The fraction of sp³-hybridized carbons (Fsp3) is 0.355. The Bertz CT molecular complexity index is 1410. The van der Waals surface area contributed by atoms with E-state index in [0.29, 0.717) is 42.7 Å². The van der Waals surface area contributed by atoms with E-state index in [1.54, 1.807) is 24.3 Å². The van der Waals surface area contributed by atoms with Crippen molar-refractivity contribution in [1.29, 1.82) is 0 Å². The molecule has 3 aromatic carbocycles. The molecule has 0 radical (unpaired) electrons. The van der Waals surface area contributed by atoms with Crippen LogP contribution >= 0.6 is 0 Å². The third-order valence-corrected chi connectivity index (χ3v) is 9.05. The van der Waals surface area contributed by atoms with Crippen molar-refractivity contribution in [2.45, 2.75) is 51.7 Å². The number of piperidine rings is 1. The zero-order chi connectivity index (χ0) is 27.5. The van der Waals surface area contributed by atoms with Gasteiger partial charge in [-0.15, -0.1) is 0 Å². The molecular formula is C31H36N2O4S. The third-order valence-electron chi connectivity index (χ3n) is 7.22. The number of rotatable bonds is 7. The van der Waals surface area contributed by atoms with Gasteiger partial charge in [0.15, 0.2) is 5.78 Å². The van der Waals surface area contributed by atoms with E-state index in [4.69, 9.17) is 0 Å². The second-order valence-electron chi connectivity index (χ2n) is 11.1. The molecule has 38 heavy (non-hydrogen) atoms. The molecule has 4 rings (SSSR count). The van der Waals surface area contributed by atoms with E-state index < -0.39 is 10.0 Å². The van der Waals surface area contributed by atoms with Gasteiger partial charge in [0.2, 0.25) is 15.9 Å². The van der Waals surface area contributed by atoms with Crippen LogP contribution in [0.15, 0.2) is 72.8 Å². The first-order valence-corrected chi connectivity index (χ1v) is 14.6. The molecule has 3 aromatic rings. The number of carbonyl (C=O) groups is 2. The van der Waals surface area contributed by atoms with Gasteiger partial charge in [-0.3, -0.25) is 9.59 Å². The average molecular weight is 533 g/mol. The second kappa shape index (κ2) is 11.2. The minimum Gasteiger partial charge on any atom is -0.326 e. The molecule has 0 aromatic heterocycles. The first-order valence-electron chi connectivity index (χ1n) is 13.0. The Hall–Kier alpha value is -3.29. The monoisotopic (exact) mass is 532 g/mol. The smallest absolute Gasteiger partial charge is 0.227 e. The van der Waals surface area contributed by atoms with Gasteiger partial charge in [-0.1, -0.05) is 81.4 Å². The van der Waals surface area contributed by atoms with Crippen LogP contribution in [0.5, 0.6) is 0 Å². The molecule has 0 unspecified atom stereocenters. The fourth-order valence-corrected chi connectivity index (χ4v) is 6.39. The van der Waals surface area contributed by atoms with Gasteiger partial charge in [-0.25, -0.2) is 12.7 Å². The van der Waals surface area contributed by atoms with E-state index in [1.165, 1.54) is 4.31 Å². The van der Waals surface area contributed by atoms with E-state index in [-0.39, 0.29) is 28.8 Å². The molecular weight excluding hydrogens is 496 g/mol. The normalized spacial score (nSPS) is 15.3. The maximum Gasteiger partial charge on any atom is 0.227 e. The van der Waals surface area contributed by atoms with Crippen molar-refractivity contribution in [2.75, 3.05) is 18.4 Å². The van der Waals surface area contributed by atoms with Crippen LogP contribution in [0.1, 0.15) is 66.2 Å². The summed E-state index contributed by atoms with van der Waals surface area (Å²) in [5, 5.41) is 2.93. The molecule has 1 saturated heterocycles. The van der Waals surface area contributed by atoms with E-state index in [1.807, 2.05) is 55.5 Å². The number of ketones is 1. The molecule has 0 saturated carbocycles. The van der Waals surface area contributed by atoms with Gasteiger partial charge in [-0.2, -0.15) is 0 Å². The maximum atomic E-state index is 13.1. The number of hydrogen-bond acceptors (Lipinski definition) is 4. The minimum atomic E-state index is -3.46. The number of sulfonamides is 1. The van der Waals surface area contributed by atoms with Crippen molar-refractivity contribution in [1.82, 2.24) is 4.31 Å². The molecule has 0 bridgehead atoms. The van der Waals surface area contributed by atoms with Gasteiger partial charge in [-0.05, 0) is 54.0 Å². The van der Waals surface area contributed by atoms with Crippen LogP contribution in [0.2, 0.25) is 0 Å². The summed E-state index contributed by atoms with van der Waals surface area (Å²) in [5.74, 6) is -0.575. The average Bonchev–Trinajstić information content (AvgIpc) is 2.89. The predicted octanol–water partition coefficient (Wildman–Crippen LogP) is 5.70. The standard InChI is InChI=1S/C31H36N2O4S/c1-22-8-5-6-9-26(22)21-38(36,37)33-18-16-24(17-19-33)30(35)32-28-11-7-10-25(20-28)29(34)23-12-14-27(15-13-23)31(2,3)4/h5-15,20,24H,16-19,21H2,1-4H3,(H,32,35). The van der Waals surface area contributed by atoms with Crippen molar-refractivity contribution in [3.63, 3.8) is 0 Å². The molecule has 1 amide bonds. The molecule has 6 nitrogen and oxygen atoms in total. The van der Waals surface area contributed by atoms with Gasteiger partial charge >= 0.3 is 0 Å². The molecule has 1 aliphatic heterocycles. The van der Waals surface area contributed by atoms with Crippen LogP contribution in [0, 0.1) is 12.8 Å². The number of amides is 1. The van der Waals surface area contributed by atoms with Gasteiger partial charge in [0.1, 0.15) is 0 Å². The lowest BCUT2D eigenvalue weighted by atomic mass is 9.86. The van der Waals surface area contributed by atoms with Crippen molar-refractivity contribution < 1.29 is 18.0 Å². The Morgan fingerprint density at radius 1 is 0.895 bits per heavy atom. The van der Waals surface area contributed by atoms with E-state index in [2.05, 4.69) is 26.1 Å². The Balaban J connectivity index is 1.35. The van der Waals surface area contributed by atoms with Crippen molar-refractivity contribution >= 4 is 27.4 Å². The summed E-state index contributed by atoms with van der Waals surface area (Å²) in [6.07, 6.45) is 0.912. The van der Waals surface area contributed by atoms with Crippen LogP contribution in [-0.2, 0) is 26.0 Å². The molecule has 1 fully saturated rings. The number of nitrogens with one attached hydrogen (secondary N) is 1. The summed E-state index contributed by atoms with van der Waals surface area (Å²) in [4.78, 5) is 26.0. The number of hydrogen-bond donors (Lipinski definition) is 1. The molecule has 7 heteroatoms. The van der Waals surface area contributed by atoms with Crippen LogP contribution < -0.4 is 5.32 Å². The third kappa shape index (κ3) is 6.58. The molecule has 0 spiro atoms. The van der Waals surface area contributed by atoms with Crippen molar-refractivity contribution in [3.05, 3.63) is 101 Å². The second-order valence-corrected chi connectivity index (χ2v) is 13.1. The maximum absolute atomic E-state index is 13.1. The predicted molar refractivity (Wildman–Crippen MR) is 152 cm³/mol. The Morgan fingerprint density at radius 2 is 1.55 bits per heavy atom. The highest BCUT2D eigenvalue weighted by Crippen LogP contribution is 2.26. The molecule has 200 valence electrons. The summed E-state index contributed by atoms with van der Waals surface area (Å²) in [6.45, 7) is 8.93. The molecule has 1 aliphatic rings. The molecule has 0 atom stereocenters. The van der Waals surface area contributed by atoms with Gasteiger partial charge in [0.05, 0.1) is 5.75 Å². The fourth-order valence-electron chi connectivity index (χ4n) is 4.73. The van der Waals surface area contributed by atoms with E-state index >= 15 is 0 Å². The SMILES string of the molecule is Cc1ccccc1CS(=O)(=O)N1CCC(C(=O)Nc2cccc(C(=O)c3ccc(C(C)(C)C)cc3)c2)CC1. The lowest BCUT2D eigenvalue weighted by Crippen LogP contribution is -2.42. The quantitative estimate of drug-likeness (QED) is 0.396. The number of anilines is 1. The van der Waals surface area contributed by atoms with Crippen LogP contribution in [0.25, 0.3) is 0 Å². The topological polar surface area (TPSA) is 83.6 Å². The summed E-state index contributed by atoms with van der Waals surface area (Å²) < 4.78 is 27.4. The summed E-state index contributed by atoms with van der Waals surface area (Å²) in [5.41, 5.74) is 4.57. The number of benzene rings is 3. The Kier molecular flexibility index (Phi) is 8.19. The van der Waals surface area contributed by atoms with Crippen LogP contribution in [-0.4, -0.2) is 37.5 Å². The van der Waals surface area contributed by atoms with Gasteiger partial charge < -0.3 is 5.32 Å². The largest absolute Gasteiger partial charge is 0.326 e. The van der Waals surface area contributed by atoms with Crippen LogP contribution in [0.4, 0.5) is 5.69 Å². The highest BCUT2D eigenvalue weighted by Gasteiger charge is 2.31. The first kappa shape index (κ1) is 27.7. The zero-order valence-corrected chi connectivity index (χ0v) is 23.3.